The van der Waals surface area contributed by atoms with Crippen molar-refractivity contribution >= 4 is 0 Å². The van der Waals surface area contributed by atoms with E-state index in [9.17, 15) is 0 Å². The van der Waals surface area contributed by atoms with Crippen molar-refractivity contribution in [3.8, 4) is 17.1 Å². The molecule has 0 radical (unpaired) electrons. The molecule has 3 heteroatoms. The van der Waals surface area contributed by atoms with Gasteiger partial charge in [0.25, 0.3) is 0 Å². The summed E-state index contributed by atoms with van der Waals surface area (Å²) in [5.41, 5.74) is 1.97. The van der Waals surface area contributed by atoms with E-state index >= 15 is 0 Å². The molecule has 15 heavy (non-hydrogen) atoms. The first-order valence-corrected chi connectivity index (χ1v) is 4.73. The van der Waals surface area contributed by atoms with Crippen LogP contribution in [0.15, 0.2) is 36.7 Å². The SMILES string of the molecule is COc1ccccc1-c1ncc(C)cn1. The molecule has 0 N–H and O–H groups in total. The Morgan fingerprint density at radius 3 is 2.40 bits per heavy atom. The monoisotopic (exact) mass is 200 g/mol. The molecule has 2 rings (SSSR count). The molecule has 0 saturated heterocycles. The van der Waals surface area contributed by atoms with Gasteiger partial charge in [-0.1, -0.05) is 12.1 Å². The highest BCUT2D eigenvalue weighted by molar-refractivity contribution is 5.63. The molecule has 3 nitrogen and oxygen atoms in total. The molecule has 2 aromatic rings. The van der Waals surface area contributed by atoms with E-state index in [1.807, 2.05) is 31.2 Å². The molecule has 0 fully saturated rings. The zero-order valence-electron chi connectivity index (χ0n) is 8.77. The molecule has 1 aromatic carbocycles. The number of nitrogens with zero attached hydrogens (tertiary/aromatic N) is 2. The summed E-state index contributed by atoms with van der Waals surface area (Å²) in [7, 11) is 1.65. The van der Waals surface area contributed by atoms with Crippen molar-refractivity contribution in [1.29, 1.82) is 0 Å². The van der Waals surface area contributed by atoms with Crippen molar-refractivity contribution in [1.82, 2.24) is 9.97 Å². The molecule has 0 unspecified atom stereocenters. The lowest BCUT2D eigenvalue weighted by atomic mass is 10.2. The molecule has 0 aliphatic rings. The van der Waals surface area contributed by atoms with Crippen LogP contribution in [0.3, 0.4) is 0 Å². The van der Waals surface area contributed by atoms with Crippen molar-refractivity contribution in [3.05, 3.63) is 42.2 Å². The van der Waals surface area contributed by atoms with Crippen LogP contribution < -0.4 is 4.74 Å². The second-order valence-corrected chi connectivity index (χ2v) is 3.28. The predicted molar refractivity (Wildman–Crippen MR) is 58.8 cm³/mol. The van der Waals surface area contributed by atoms with Gasteiger partial charge in [-0.15, -0.1) is 0 Å². The fraction of sp³-hybridized carbons (Fsp3) is 0.167. The number of rotatable bonds is 2. The maximum Gasteiger partial charge on any atom is 0.162 e. The van der Waals surface area contributed by atoms with Crippen LogP contribution in [0.25, 0.3) is 11.4 Å². The summed E-state index contributed by atoms with van der Waals surface area (Å²) in [4.78, 5) is 8.53. The fourth-order valence-corrected chi connectivity index (χ4v) is 1.36. The summed E-state index contributed by atoms with van der Waals surface area (Å²) < 4.78 is 5.25. The van der Waals surface area contributed by atoms with Crippen LogP contribution in [-0.4, -0.2) is 17.1 Å². The van der Waals surface area contributed by atoms with Crippen molar-refractivity contribution < 1.29 is 4.74 Å². The average molecular weight is 200 g/mol. The Morgan fingerprint density at radius 2 is 1.73 bits per heavy atom. The summed E-state index contributed by atoms with van der Waals surface area (Å²) in [5.74, 6) is 1.49. The summed E-state index contributed by atoms with van der Waals surface area (Å²) in [6.07, 6.45) is 3.60. The summed E-state index contributed by atoms with van der Waals surface area (Å²) in [5, 5.41) is 0. The van der Waals surface area contributed by atoms with Crippen molar-refractivity contribution in [3.63, 3.8) is 0 Å². The van der Waals surface area contributed by atoms with Crippen LogP contribution in [0.5, 0.6) is 5.75 Å². The fourth-order valence-electron chi connectivity index (χ4n) is 1.36. The summed E-state index contributed by atoms with van der Waals surface area (Å²) >= 11 is 0. The Labute approximate surface area is 88.8 Å². The van der Waals surface area contributed by atoms with Crippen molar-refractivity contribution in [2.45, 2.75) is 6.92 Å². The van der Waals surface area contributed by atoms with Gasteiger partial charge < -0.3 is 4.74 Å². The van der Waals surface area contributed by atoms with Gasteiger partial charge in [0.1, 0.15) is 5.75 Å². The topological polar surface area (TPSA) is 35.0 Å². The van der Waals surface area contributed by atoms with Crippen LogP contribution >= 0.6 is 0 Å². The Kier molecular flexibility index (Phi) is 2.63. The number of aryl methyl sites for hydroxylation is 1. The Morgan fingerprint density at radius 1 is 1.07 bits per heavy atom. The minimum absolute atomic E-state index is 0.693. The number of aromatic nitrogens is 2. The molecule has 0 aliphatic carbocycles. The smallest absolute Gasteiger partial charge is 0.162 e. The highest BCUT2D eigenvalue weighted by Gasteiger charge is 2.06. The largest absolute Gasteiger partial charge is 0.496 e. The van der Waals surface area contributed by atoms with E-state index in [0.29, 0.717) is 5.82 Å². The second-order valence-electron chi connectivity index (χ2n) is 3.28. The molecular weight excluding hydrogens is 188 g/mol. The number of para-hydroxylation sites is 1. The predicted octanol–water partition coefficient (Wildman–Crippen LogP) is 2.46. The summed E-state index contributed by atoms with van der Waals surface area (Å²) in [6, 6.07) is 7.72. The lowest BCUT2D eigenvalue weighted by Gasteiger charge is -2.06. The molecular formula is C12H12N2O. The van der Waals surface area contributed by atoms with E-state index < -0.39 is 0 Å². The van der Waals surface area contributed by atoms with Gasteiger partial charge in [-0.05, 0) is 24.6 Å². The van der Waals surface area contributed by atoms with Gasteiger partial charge in [-0.25, -0.2) is 9.97 Å². The van der Waals surface area contributed by atoms with Crippen LogP contribution in [0, 0.1) is 6.92 Å². The van der Waals surface area contributed by atoms with E-state index in [1.165, 1.54) is 0 Å². The molecule has 0 bridgehead atoms. The molecule has 76 valence electrons. The maximum atomic E-state index is 5.25. The van der Waals surface area contributed by atoms with Crippen molar-refractivity contribution in [2.24, 2.45) is 0 Å². The Hall–Kier alpha value is -1.90. The molecule has 1 aromatic heterocycles. The lowest BCUT2D eigenvalue weighted by molar-refractivity contribution is 0.416. The van der Waals surface area contributed by atoms with E-state index in [1.54, 1.807) is 19.5 Å². The normalized spacial score (nSPS) is 10.0. The van der Waals surface area contributed by atoms with Gasteiger partial charge >= 0.3 is 0 Å². The second kappa shape index (κ2) is 4.09. The Balaban J connectivity index is 2.49. The summed E-state index contributed by atoms with van der Waals surface area (Å²) in [6.45, 7) is 1.96. The van der Waals surface area contributed by atoms with E-state index in [-0.39, 0.29) is 0 Å². The number of hydrogen-bond donors (Lipinski definition) is 0. The molecule has 0 saturated carbocycles. The van der Waals surface area contributed by atoms with Gasteiger partial charge in [0.2, 0.25) is 0 Å². The molecule has 0 atom stereocenters. The van der Waals surface area contributed by atoms with Crippen LogP contribution in [0.2, 0.25) is 0 Å². The first-order valence-electron chi connectivity index (χ1n) is 4.73. The molecule has 0 amide bonds. The van der Waals surface area contributed by atoms with Gasteiger partial charge in [-0.3, -0.25) is 0 Å². The Bertz CT molecular complexity index is 451. The van der Waals surface area contributed by atoms with Gasteiger partial charge in [0.15, 0.2) is 5.82 Å². The minimum Gasteiger partial charge on any atom is -0.496 e. The minimum atomic E-state index is 0.693. The third kappa shape index (κ3) is 1.96. The van der Waals surface area contributed by atoms with Crippen LogP contribution in [-0.2, 0) is 0 Å². The molecule has 0 aliphatic heterocycles. The highest BCUT2D eigenvalue weighted by atomic mass is 16.5. The number of methoxy groups -OCH3 is 1. The standard InChI is InChI=1S/C12H12N2O/c1-9-7-13-12(14-8-9)10-5-3-4-6-11(10)15-2/h3-8H,1-2H3. The lowest BCUT2D eigenvalue weighted by Crippen LogP contribution is -1.92. The van der Waals surface area contributed by atoms with Gasteiger partial charge in [-0.2, -0.15) is 0 Å². The van der Waals surface area contributed by atoms with Crippen molar-refractivity contribution in [2.75, 3.05) is 7.11 Å². The first-order chi connectivity index (χ1) is 7.31. The van der Waals surface area contributed by atoms with Gasteiger partial charge in [0.05, 0.1) is 12.7 Å². The van der Waals surface area contributed by atoms with Gasteiger partial charge in [0, 0.05) is 12.4 Å². The van der Waals surface area contributed by atoms with E-state index in [4.69, 9.17) is 4.74 Å². The van der Waals surface area contributed by atoms with E-state index in [0.717, 1.165) is 16.9 Å². The highest BCUT2D eigenvalue weighted by Crippen LogP contribution is 2.26. The number of hydrogen-bond acceptors (Lipinski definition) is 3. The zero-order valence-corrected chi connectivity index (χ0v) is 8.77. The van der Waals surface area contributed by atoms with Crippen LogP contribution in [0.4, 0.5) is 0 Å². The third-order valence-electron chi connectivity index (χ3n) is 2.13. The molecule has 0 spiro atoms. The van der Waals surface area contributed by atoms with E-state index in [2.05, 4.69) is 9.97 Å². The molecule has 1 heterocycles. The van der Waals surface area contributed by atoms with Crippen LogP contribution in [0.1, 0.15) is 5.56 Å². The number of benzene rings is 1. The average Bonchev–Trinajstić information content (AvgIpc) is 2.30. The quantitative estimate of drug-likeness (QED) is 0.747. The first kappa shape index (κ1) is 9.65. The third-order valence-corrected chi connectivity index (χ3v) is 2.13. The zero-order chi connectivity index (χ0) is 10.7. The number of ether oxygens (including phenoxy) is 1. The maximum absolute atomic E-state index is 5.25.